The fourth-order valence-electron chi connectivity index (χ4n) is 2.37. The minimum Gasteiger partial charge on any atom is -0.379 e. The van der Waals surface area contributed by atoms with Crippen molar-refractivity contribution in [2.24, 2.45) is 0 Å². The maximum absolute atomic E-state index is 9.05. The second kappa shape index (κ2) is 7.25. The Morgan fingerprint density at radius 2 is 1.58 bits per heavy atom. The van der Waals surface area contributed by atoms with Gasteiger partial charge in [0.25, 0.3) is 0 Å². The highest BCUT2D eigenvalue weighted by Crippen LogP contribution is 2.22. The third-order valence-corrected chi connectivity index (χ3v) is 3.63. The van der Waals surface area contributed by atoms with E-state index < -0.39 is 0 Å². The van der Waals surface area contributed by atoms with Crippen LogP contribution >= 0.6 is 0 Å². The van der Waals surface area contributed by atoms with Crippen LogP contribution in [0.5, 0.6) is 0 Å². The fourth-order valence-corrected chi connectivity index (χ4v) is 2.37. The molecule has 0 aliphatic heterocycles. The summed E-state index contributed by atoms with van der Waals surface area (Å²) < 4.78 is 0. The topological polar surface area (TPSA) is 73.6 Å². The van der Waals surface area contributed by atoms with Crippen molar-refractivity contribution in [3.8, 4) is 6.07 Å². The van der Waals surface area contributed by atoms with Gasteiger partial charge in [-0.2, -0.15) is 5.26 Å². The van der Waals surface area contributed by atoms with Gasteiger partial charge in [0, 0.05) is 29.8 Å². The molecule has 0 saturated carbocycles. The maximum Gasteiger partial charge on any atom is 0.183 e. The van der Waals surface area contributed by atoms with Crippen LogP contribution in [0.4, 0.5) is 17.2 Å². The molecule has 0 saturated heterocycles. The molecule has 1 aromatic heterocycles. The van der Waals surface area contributed by atoms with Crippen molar-refractivity contribution in [2.75, 3.05) is 10.6 Å². The van der Waals surface area contributed by atoms with Gasteiger partial charge in [-0.3, -0.25) is 0 Å². The predicted octanol–water partition coefficient (Wildman–Crippen LogP) is 4.26. The molecule has 24 heavy (non-hydrogen) atoms. The molecule has 0 bridgehead atoms. The van der Waals surface area contributed by atoms with Gasteiger partial charge in [-0.25, -0.2) is 9.97 Å². The minimum atomic E-state index is 0.218. The first-order valence-corrected chi connectivity index (χ1v) is 7.66. The van der Waals surface area contributed by atoms with Gasteiger partial charge in [0.05, 0.1) is 0 Å². The van der Waals surface area contributed by atoms with E-state index in [4.69, 9.17) is 5.26 Å². The van der Waals surface area contributed by atoms with E-state index in [0.29, 0.717) is 5.82 Å². The molecule has 118 valence electrons. The summed E-state index contributed by atoms with van der Waals surface area (Å²) in [4.78, 5) is 8.13. The first-order chi connectivity index (χ1) is 11.8. The van der Waals surface area contributed by atoms with Crippen LogP contribution in [0.3, 0.4) is 0 Å². The van der Waals surface area contributed by atoms with Gasteiger partial charge in [0.15, 0.2) is 11.5 Å². The van der Waals surface area contributed by atoms with E-state index in [1.165, 1.54) is 11.8 Å². The normalized spacial score (nSPS) is 11.3. The molecule has 0 aliphatic carbocycles. The summed E-state index contributed by atoms with van der Waals surface area (Å²) in [6, 6.07) is 20.4. The quantitative estimate of drug-likeness (QED) is 0.735. The van der Waals surface area contributed by atoms with Gasteiger partial charge in [0.1, 0.15) is 6.07 Å². The molecule has 2 N–H and O–H groups in total. The van der Waals surface area contributed by atoms with E-state index in [2.05, 4.69) is 39.7 Å². The number of hydrogen-bond acceptors (Lipinski definition) is 5. The van der Waals surface area contributed by atoms with Crippen molar-refractivity contribution >= 4 is 17.2 Å². The summed E-state index contributed by atoms with van der Waals surface area (Å²) in [5, 5.41) is 15.6. The number of benzene rings is 2. The van der Waals surface area contributed by atoms with Crippen LogP contribution in [-0.2, 0) is 0 Å². The summed E-state index contributed by atoms with van der Waals surface area (Å²) >= 11 is 0. The molecule has 0 aliphatic rings. The summed E-state index contributed by atoms with van der Waals surface area (Å²) in [5.74, 6) is 0.457. The van der Waals surface area contributed by atoms with Gasteiger partial charge in [-0.1, -0.05) is 30.3 Å². The molecule has 3 rings (SSSR count). The van der Waals surface area contributed by atoms with Gasteiger partial charge in [0.2, 0.25) is 0 Å². The number of hydrogen-bond donors (Lipinski definition) is 2. The Hall–Kier alpha value is -3.39. The summed E-state index contributed by atoms with van der Waals surface area (Å²) in [5.41, 5.74) is 3.39. The Kier molecular flexibility index (Phi) is 4.68. The Balaban J connectivity index is 1.69. The molecule has 0 amide bonds. The molecular weight excluding hydrogens is 298 g/mol. The zero-order valence-electron chi connectivity index (χ0n) is 13.3. The van der Waals surface area contributed by atoms with Crippen LogP contribution in [0.1, 0.15) is 24.2 Å². The Morgan fingerprint density at radius 3 is 2.29 bits per heavy atom. The van der Waals surface area contributed by atoms with E-state index in [9.17, 15) is 0 Å². The second-order valence-corrected chi connectivity index (χ2v) is 5.34. The van der Waals surface area contributed by atoms with Crippen LogP contribution in [0.15, 0.2) is 67.0 Å². The lowest BCUT2D eigenvalue weighted by Crippen LogP contribution is -2.06. The van der Waals surface area contributed by atoms with E-state index in [1.54, 1.807) is 6.20 Å². The van der Waals surface area contributed by atoms with Gasteiger partial charge < -0.3 is 10.6 Å². The summed E-state index contributed by atoms with van der Waals surface area (Å²) in [6.07, 6.45) is 3.06. The predicted molar refractivity (Wildman–Crippen MR) is 95.0 cm³/mol. The first kappa shape index (κ1) is 15.5. The van der Waals surface area contributed by atoms with Crippen molar-refractivity contribution < 1.29 is 0 Å². The summed E-state index contributed by atoms with van der Waals surface area (Å²) in [6.45, 7) is 2.13. The molecule has 1 unspecified atom stereocenters. The molecule has 5 nitrogen and oxygen atoms in total. The number of nitrogens with one attached hydrogen (secondary N) is 2. The van der Waals surface area contributed by atoms with Crippen LogP contribution < -0.4 is 10.6 Å². The zero-order chi connectivity index (χ0) is 16.8. The maximum atomic E-state index is 9.05. The lowest BCUT2D eigenvalue weighted by Gasteiger charge is -2.16. The smallest absolute Gasteiger partial charge is 0.183 e. The van der Waals surface area contributed by atoms with Gasteiger partial charge in [-0.05, 0) is 36.8 Å². The lowest BCUT2D eigenvalue weighted by atomic mass is 10.1. The standard InChI is InChI=1S/C19H17N5/c1-14(15-5-3-2-4-6-15)23-16-7-9-17(10-8-16)24-19-18(13-20)21-11-12-22-19/h2-12,14,23H,1H3,(H,22,24). The third-order valence-electron chi connectivity index (χ3n) is 3.63. The molecule has 0 fully saturated rings. The summed E-state index contributed by atoms with van der Waals surface area (Å²) in [7, 11) is 0. The average molecular weight is 315 g/mol. The van der Waals surface area contributed by atoms with Gasteiger partial charge in [-0.15, -0.1) is 0 Å². The molecular formula is C19H17N5. The van der Waals surface area contributed by atoms with E-state index in [-0.39, 0.29) is 11.7 Å². The molecule has 1 heterocycles. The van der Waals surface area contributed by atoms with Crippen molar-refractivity contribution in [1.82, 2.24) is 9.97 Å². The SMILES string of the molecule is CC(Nc1ccc(Nc2nccnc2C#N)cc1)c1ccccc1. The largest absolute Gasteiger partial charge is 0.379 e. The Morgan fingerprint density at radius 1 is 0.917 bits per heavy atom. The average Bonchev–Trinajstić information content (AvgIpc) is 2.64. The Labute approximate surface area is 141 Å². The monoisotopic (exact) mass is 315 g/mol. The van der Waals surface area contributed by atoms with Crippen LogP contribution in [0, 0.1) is 11.3 Å². The zero-order valence-corrected chi connectivity index (χ0v) is 13.3. The third kappa shape index (κ3) is 3.68. The van der Waals surface area contributed by atoms with E-state index >= 15 is 0 Å². The number of rotatable bonds is 5. The van der Waals surface area contributed by atoms with Crippen LogP contribution in [0.25, 0.3) is 0 Å². The highest BCUT2D eigenvalue weighted by atomic mass is 15.0. The van der Waals surface area contributed by atoms with Gasteiger partial charge >= 0.3 is 0 Å². The second-order valence-electron chi connectivity index (χ2n) is 5.34. The molecule has 5 heteroatoms. The highest BCUT2D eigenvalue weighted by Gasteiger charge is 2.06. The van der Waals surface area contributed by atoms with Crippen LogP contribution in [-0.4, -0.2) is 9.97 Å². The van der Waals surface area contributed by atoms with Crippen molar-refractivity contribution in [2.45, 2.75) is 13.0 Å². The number of nitrogens with zero attached hydrogens (tertiary/aromatic N) is 3. The highest BCUT2D eigenvalue weighted by molar-refractivity contribution is 5.63. The molecule has 2 aromatic carbocycles. The first-order valence-electron chi connectivity index (χ1n) is 7.66. The number of anilines is 3. The molecule has 0 spiro atoms. The lowest BCUT2D eigenvalue weighted by molar-refractivity contribution is 0.885. The van der Waals surface area contributed by atoms with Crippen molar-refractivity contribution in [1.29, 1.82) is 5.26 Å². The fraction of sp³-hybridized carbons (Fsp3) is 0.105. The van der Waals surface area contributed by atoms with Crippen LogP contribution in [0.2, 0.25) is 0 Å². The van der Waals surface area contributed by atoms with Crippen molar-refractivity contribution in [3.05, 3.63) is 78.2 Å². The molecule has 1 atom stereocenters. The number of aromatic nitrogens is 2. The van der Waals surface area contributed by atoms with E-state index in [1.807, 2.05) is 48.5 Å². The molecule has 0 radical (unpaired) electrons. The van der Waals surface area contributed by atoms with Crippen molar-refractivity contribution in [3.63, 3.8) is 0 Å². The number of nitriles is 1. The molecule has 3 aromatic rings. The van der Waals surface area contributed by atoms with E-state index in [0.717, 1.165) is 11.4 Å². The minimum absolute atomic E-state index is 0.218. The Bertz CT molecular complexity index is 838.